The molecule has 3 nitrogen and oxygen atoms in total. The lowest BCUT2D eigenvalue weighted by Crippen LogP contribution is -2.28. The van der Waals surface area contributed by atoms with Crippen LogP contribution in [0.5, 0.6) is 0 Å². The number of hydrogen-bond donors (Lipinski definition) is 1. The Balaban J connectivity index is 2.63. The Morgan fingerprint density at radius 2 is 2.07 bits per heavy atom. The van der Waals surface area contributed by atoms with Crippen LogP contribution in [-0.2, 0) is 12.3 Å². The first-order valence-electron chi connectivity index (χ1n) is 4.76. The van der Waals surface area contributed by atoms with Crippen molar-refractivity contribution in [1.82, 2.24) is 9.97 Å². The summed E-state index contributed by atoms with van der Waals surface area (Å²) in [6.45, 7) is 3.49. The van der Waals surface area contributed by atoms with Crippen molar-refractivity contribution in [3.8, 4) is 0 Å². The topological polar surface area (TPSA) is 46.0 Å². The van der Waals surface area contributed by atoms with E-state index >= 15 is 0 Å². The maximum atomic E-state index is 13.7. The molecule has 76 valence electrons. The number of aryl methyl sites for hydroxylation is 3. The summed E-state index contributed by atoms with van der Waals surface area (Å²) in [6.07, 6.45) is 1.51. The third-order valence-electron chi connectivity index (χ3n) is 2.58. The van der Waals surface area contributed by atoms with Crippen LogP contribution in [0.15, 0.2) is 0 Å². The van der Waals surface area contributed by atoms with E-state index in [4.69, 9.17) is 0 Å². The van der Waals surface area contributed by atoms with Gasteiger partial charge in [-0.15, -0.1) is 0 Å². The average Bonchev–Trinajstić information content (AvgIpc) is 2.00. The Morgan fingerprint density at radius 1 is 1.36 bits per heavy atom. The van der Waals surface area contributed by atoms with E-state index in [2.05, 4.69) is 9.97 Å². The highest BCUT2D eigenvalue weighted by atomic mass is 19.2. The molecule has 0 amide bonds. The van der Waals surface area contributed by atoms with Crippen molar-refractivity contribution in [2.45, 2.75) is 39.0 Å². The van der Waals surface area contributed by atoms with E-state index in [9.17, 15) is 9.50 Å². The second-order valence-corrected chi connectivity index (χ2v) is 3.79. The Kier molecular flexibility index (Phi) is 2.03. The first-order chi connectivity index (χ1) is 6.50. The summed E-state index contributed by atoms with van der Waals surface area (Å²) in [5, 5.41) is 9.55. The molecule has 1 aromatic rings. The number of nitrogens with zero attached hydrogens (tertiary/aromatic N) is 2. The van der Waals surface area contributed by atoms with Crippen molar-refractivity contribution >= 4 is 0 Å². The fourth-order valence-corrected chi connectivity index (χ4v) is 2.08. The molecule has 1 unspecified atom stereocenters. The molecule has 0 saturated carbocycles. The highest BCUT2D eigenvalue weighted by Crippen LogP contribution is 2.36. The molecule has 0 spiro atoms. The van der Waals surface area contributed by atoms with Crippen LogP contribution in [0, 0.1) is 13.8 Å². The zero-order chi connectivity index (χ0) is 10.3. The van der Waals surface area contributed by atoms with Crippen molar-refractivity contribution in [1.29, 1.82) is 0 Å². The molecule has 0 radical (unpaired) electrons. The molecule has 0 aromatic carbocycles. The van der Waals surface area contributed by atoms with Crippen molar-refractivity contribution in [3.05, 3.63) is 22.8 Å². The lowest BCUT2D eigenvalue weighted by molar-refractivity contribution is -0.109. The van der Waals surface area contributed by atoms with Gasteiger partial charge < -0.3 is 5.11 Å². The number of hydrogen-bond acceptors (Lipinski definition) is 3. The minimum absolute atomic E-state index is 0.146. The summed E-state index contributed by atoms with van der Waals surface area (Å²) in [5.41, 5.74) is 1.50. The van der Waals surface area contributed by atoms with Crippen molar-refractivity contribution < 1.29 is 9.50 Å². The summed E-state index contributed by atoms with van der Waals surface area (Å²) in [6, 6.07) is 0. The van der Waals surface area contributed by atoms with Gasteiger partial charge in [0.25, 0.3) is 0 Å². The van der Waals surface area contributed by atoms with Crippen LogP contribution in [0.25, 0.3) is 0 Å². The minimum Gasteiger partial charge on any atom is -0.358 e. The SMILES string of the molecule is Cc1nc(C)c2c(n1)CCCC2(O)F. The van der Waals surface area contributed by atoms with Crippen molar-refractivity contribution in [3.63, 3.8) is 0 Å². The van der Waals surface area contributed by atoms with Gasteiger partial charge >= 0.3 is 0 Å². The zero-order valence-corrected chi connectivity index (χ0v) is 8.34. The number of alkyl halides is 1. The molecule has 1 aliphatic rings. The normalized spacial score (nSPS) is 26.0. The third kappa shape index (κ3) is 1.39. The molecule has 0 bridgehead atoms. The first-order valence-corrected chi connectivity index (χ1v) is 4.76. The number of halogens is 1. The molecule has 4 heteroatoms. The van der Waals surface area contributed by atoms with E-state index < -0.39 is 5.85 Å². The van der Waals surface area contributed by atoms with Gasteiger partial charge in [-0.2, -0.15) is 0 Å². The fourth-order valence-electron chi connectivity index (χ4n) is 2.08. The molecule has 14 heavy (non-hydrogen) atoms. The number of rotatable bonds is 0. The predicted octanol–water partition coefficient (Wildman–Crippen LogP) is 1.54. The second kappa shape index (κ2) is 2.98. The Labute approximate surface area is 82.0 Å². The van der Waals surface area contributed by atoms with E-state index in [1.165, 1.54) is 0 Å². The molecule has 1 N–H and O–H groups in total. The quantitative estimate of drug-likeness (QED) is 0.684. The third-order valence-corrected chi connectivity index (χ3v) is 2.58. The maximum Gasteiger partial charge on any atom is 0.236 e. The Morgan fingerprint density at radius 3 is 2.79 bits per heavy atom. The molecule has 0 saturated heterocycles. The van der Waals surface area contributed by atoms with Gasteiger partial charge in [0.1, 0.15) is 5.82 Å². The summed E-state index contributed by atoms with van der Waals surface area (Å²) < 4.78 is 13.7. The number of aromatic nitrogens is 2. The summed E-state index contributed by atoms with van der Waals surface area (Å²) in [4.78, 5) is 8.23. The van der Waals surface area contributed by atoms with Crippen LogP contribution in [0.3, 0.4) is 0 Å². The highest BCUT2D eigenvalue weighted by Gasteiger charge is 2.37. The molecule has 1 atom stereocenters. The lowest BCUT2D eigenvalue weighted by Gasteiger charge is -2.27. The molecular weight excluding hydrogens is 183 g/mol. The van der Waals surface area contributed by atoms with Gasteiger partial charge in [0.05, 0.1) is 17.0 Å². The second-order valence-electron chi connectivity index (χ2n) is 3.79. The summed E-state index contributed by atoms with van der Waals surface area (Å²) >= 11 is 0. The number of fused-ring (bicyclic) bond motifs is 1. The van der Waals surface area contributed by atoms with Gasteiger partial charge in [-0.25, -0.2) is 14.4 Å². The van der Waals surface area contributed by atoms with Crippen molar-refractivity contribution in [2.24, 2.45) is 0 Å². The van der Waals surface area contributed by atoms with Crippen LogP contribution >= 0.6 is 0 Å². The molecule has 0 aliphatic heterocycles. The zero-order valence-electron chi connectivity index (χ0n) is 8.34. The molecule has 1 aromatic heterocycles. The van der Waals surface area contributed by atoms with Gasteiger partial charge in [-0.05, 0) is 26.7 Å². The highest BCUT2D eigenvalue weighted by molar-refractivity contribution is 5.31. The van der Waals surface area contributed by atoms with Crippen LogP contribution in [0.1, 0.15) is 35.6 Å². The molecule has 0 fully saturated rings. The Bertz CT molecular complexity index is 377. The van der Waals surface area contributed by atoms with Crippen LogP contribution < -0.4 is 0 Å². The van der Waals surface area contributed by atoms with Gasteiger partial charge in [0.15, 0.2) is 0 Å². The van der Waals surface area contributed by atoms with E-state index in [-0.39, 0.29) is 12.0 Å². The molecular formula is C10H13FN2O. The smallest absolute Gasteiger partial charge is 0.236 e. The van der Waals surface area contributed by atoms with Crippen molar-refractivity contribution in [2.75, 3.05) is 0 Å². The van der Waals surface area contributed by atoms with E-state index in [1.54, 1.807) is 13.8 Å². The average molecular weight is 196 g/mol. The fraction of sp³-hybridized carbons (Fsp3) is 0.600. The maximum absolute atomic E-state index is 13.7. The molecule has 1 aliphatic carbocycles. The standard InChI is InChI=1S/C10H13FN2O/c1-6-9-8(13-7(2)12-6)4-3-5-10(9,11)14/h14H,3-5H2,1-2H3. The monoisotopic (exact) mass is 196 g/mol. The molecule has 2 rings (SSSR count). The van der Waals surface area contributed by atoms with Gasteiger partial charge in [-0.1, -0.05) is 0 Å². The predicted molar refractivity (Wildman–Crippen MR) is 49.4 cm³/mol. The van der Waals surface area contributed by atoms with Crippen LogP contribution in [0.4, 0.5) is 4.39 Å². The lowest BCUT2D eigenvalue weighted by atomic mass is 9.90. The van der Waals surface area contributed by atoms with Crippen LogP contribution in [-0.4, -0.2) is 15.1 Å². The summed E-state index contributed by atoms with van der Waals surface area (Å²) in [5.74, 6) is -1.59. The largest absolute Gasteiger partial charge is 0.358 e. The van der Waals surface area contributed by atoms with Crippen LogP contribution in [0.2, 0.25) is 0 Å². The summed E-state index contributed by atoms with van der Waals surface area (Å²) in [7, 11) is 0. The Hall–Kier alpha value is -1.03. The van der Waals surface area contributed by atoms with Gasteiger partial charge in [0, 0.05) is 6.42 Å². The van der Waals surface area contributed by atoms with E-state index in [0.29, 0.717) is 23.6 Å². The van der Waals surface area contributed by atoms with Gasteiger partial charge in [-0.3, -0.25) is 0 Å². The van der Waals surface area contributed by atoms with Gasteiger partial charge in [0.2, 0.25) is 5.85 Å². The minimum atomic E-state index is -2.23. The van der Waals surface area contributed by atoms with E-state index in [0.717, 1.165) is 6.42 Å². The number of aliphatic hydroxyl groups is 1. The first kappa shape index (κ1) is 9.52. The molecule has 1 heterocycles. The van der Waals surface area contributed by atoms with E-state index in [1.807, 2.05) is 0 Å².